The van der Waals surface area contributed by atoms with Gasteiger partial charge in [0.15, 0.2) is 0 Å². The lowest BCUT2D eigenvalue weighted by Crippen LogP contribution is -2.33. The van der Waals surface area contributed by atoms with E-state index in [9.17, 15) is 9.59 Å². The maximum absolute atomic E-state index is 12.4. The minimum atomic E-state index is 0.0615. The molecular weight excluding hydrogens is 314 g/mol. The van der Waals surface area contributed by atoms with E-state index >= 15 is 0 Å². The van der Waals surface area contributed by atoms with Crippen LogP contribution in [0, 0.1) is 11.3 Å². The fourth-order valence-electron chi connectivity index (χ4n) is 3.97. The molecule has 1 saturated heterocycles. The molecule has 1 spiro atoms. The van der Waals surface area contributed by atoms with Gasteiger partial charge in [-0.1, -0.05) is 12.1 Å². The van der Waals surface area contributed by atoms with E-state index in [-0.39, 0.29) is 23.1 Å². The van der Waals surface area contributed by atoms with Gasteiger partial charge in [-0.05, 0) is 69.3 Å². The fourth-order valence-corrected chi connectivity index (χ4v) is 3.97. The van der Waals surface area contributed by atoms with Crippen molar-refractivity contribution in [1.29, 1.82) is 0 Å². The molecule has 5 nitrogen and oxygen atoms in total. The van der Waals surface area contributed by atoms with Crippen LogP contribution in [-0.2, 0) is 11.3 Å². The van der Waals surface area contributed by atoms with Gasteiger partial charge in [0.1, 0.15) is 0 Å². The number of piperidine rings is 1. The third-order valence-corrected chi connectivity index (χ3v) is 5.82. The van der Waals surface area contributed by atoms with E-state index in [0.717, 1.165) is 37.9 Å². The number of hydrogen-bond acceptors (Lipinski definition) is 3. The molecule has 2 N–H and O–H groups in total. The van der Waals surface area contributed by atoms with E-state index < -0.39 is 0 Å². The average Bonchev–Trinajstić information content (AvgIpc) is 3.34. The van der Waals surface area contributed by atoms with Crippen LogP contribution in [0.4, 0.5) is 0 Å². The molecule has 3 rings (SSSR count). The minimum absolute atomic E-state index is 0.0615. The zero-order valence-corrected chi connectivity index (χ0v) is 15.3. The summed E-state index contributed by atoms with van der Waals surface area (Å²) >= 11 is 0. The topological polar surface area (TPSA) is 61.4 Å². The minimum Gasteiger partial charge on any atom is -0.352 e. The molecule has 2 amide bonds. The second-order valence-electron chi connectivity index (χ2n) is 7.26. The van der Waals surface area contributed by atoms with Gasteiger partial charge in [0.05, 0.1) is 0 Å². The van der Waals surface area contributed by atoms with Crippen LogP contribution in [0.25, 0.3) is 0 Å². The number of hydrogen-bond donors (Lipinski definition) is 2. The molecule has 136 valence electrons. The quantitative estimate of drug-likeness (QED) is 0.832. The van der Waals surface area contributed by atoms with Crippen LogP contribution in [0.2, 0.25) is 0 Å². The van der Waals surface area contributed by atoms with Crippen molar-refractivity contribution in [3.8, 4) is 0 Å². The van der Waals surface area contributed by atoms with E-state index in [4.69, 9.17) is 0 Å². The van der Waals surface area contributed by atoms with Crippen molar-refractivity contribution in [2.45, 2.75) is 39.7 Å². The first kappa shape index (κ1) is 17.9. The van der Waals surface area contributed by atoms with Gasteiger partial charge >= 0.3 is 0 Å². The molecule has 1 aliphatic carbocycles. The van der Waals surface area contributed by atoms with E-state index in [0.29, 0.717) is 25.2 Å². The summed E-state index contributed by atoms with van der Waals surface area (Å²) in [5.74, 6) is 0.440. The lowest BCUT2D eigenvalue weighted by atomic mass is 9.92. The third kappa shape index (κ3) is 3.87. The Kier molecular flexibility index (Phi) is 5.42. The first-order valence-electron chi connectivity index (χ1n) is 9.46. The number of carbonyl (C=O) groups excluding carboxylic acids is 2. The largest absolute Gasteiger partial charge is 0.352 e. The second kappa shape index (κ2) is 7.56. The zero-order valence-electron chi connectivity index (χ0n) is 15.3. The van der Waals surface area contributed by atoms with Gasteiger partial charge in [-0.25, -0.2) is 0 Å². The molecule has 1 saturated carbocycles. The molecule has 0 radical (unpaired) electrons. The smallest absolute Gasteiger partial charge is 0.253 e. The number of nitrogens with zero attached hydrogens (tertiary/aromatic N) is 1. The highest BCUT2D eigenvalue weighted by atomic mass is 16.2. The molecule has 1 heterocycles. The first-order valence-corrected chi connectivity index (χ1v) is 9.46. The summed E-state index contributed by atoms with van der Waals surface area (Å²) in [6, 6.07) is 7.58. The molecule has 1 aromatic carbocycles. The Morgan fingerprint density at radius 2 is 1.80 bits per heavy atom. The maximum Gasteiger partial charge on any atom is 0.253 e. The van der Waals surface area contributed by atoms with E-state index in [1.165, 1.54) is 0 Å². The normalized spacial score (nSPS) is 21.0. The van der Waals surface area contributed by atoms with E-state index in [1.54, 1.807) is 0 Å². The van der Waals surface area contributed by atoms with Gasteiger partial charge < -0.3 is 15.5 Å². The van der Waals surface area contributed by atoms with Gasteiger partial charge in [-0.15, -0.1) is 0 Å². The van der Waals surface area contributed by atoms with Crippen molar-refractivity contribution in [3.63, 3.8) is 0 Å². The molecule has 0 aromatic heterocycles. The van der Waals surface area contributed by atoms with Crippen molar-refractivity contribution < 1.29 is 9.59 Å². The van der Waals surface area contributed by atoms with Crippen LogP contribution in [0.3, 0.4) is 0 Å². The van der Waals surface area contributed by atoms with Crippen LogP contribution in [-0.4, -0.2) is 42.9 Å². The summed E-state index contributed by atoms with van der Waals surface area (Å²) in [5, 5.41) is 6.44. The first-order chi connectivity index (χ1) is 12.1. The Bertz CT molecular complexity index is 616. The number of nitrogens with one attached hydrogen (secondary N) is 2. The number of carbonyl (C=O) groups is 2. The van der Waals surface area contributed by atoms with Gasteiger partial charge in [-0.2, -0.15) is 0 Å². The van der Waals surface area contributed by atoms with Crippen LogP contribution < -0.4 is 10.6 Å². The summed E-state index contributed by atoms with van der Waals surface area (Å²) < 4.78 is 0. The van der Waals surface area contributed by atoms with Crippen molar-refractivity contribution >= 4 is 11.8 Å². The Morgan fingerprint density at radius 3 is 2.40 bits per heavy atom. The average molecular weight is 343 g/mol. The standard InChI is InChI=1S/C20H29N3O2/c1-3-23(4-2)19(25)16-7-5-15(6-8-16)14-22-18(24)17-13-20(17)9-11-21-12-10-20/h5-8,17,21H,3-4,9-14H2,1-2H3,(H,22,24). The van der Waals surface area contributed by atoms with E-state index in [2.05, 4.69) is 10.6 Å². The fraction of sp³-hybridized carbons (Fsp3) is 0.600. The predicted molar refractivity (Wildman–Crippen MR) is 98.2 cm³/mol. The van der Waals surface area contributed by atoms with Gasteiger partial charge in [0, 0.05) is 31.1 Å². The molecule has 1 aliphatic heterocycles. The van der Waals surface area contributed by atoms with Crippen molar-refractivity contribution in [2.75, 3.05) is 26.2 Å². The summed E-state index contributed by atoms with van der Waals surface area (Å²) in [7, 11) is 0. The third-order valence-electron chi connectivity index (χ3n) is 5.82. The highest BCUT2D eigenvalue weighted by molar-refractivity contribution is 5.94. The second-order valence-corrected chi connectivity index (χ2v) is 7.26. The molecule has 1 unspecified atom stereocenters. The Balaban J connectivity index is 1.51. The van der Waals surface area contributed by atoms with Gasteiger partial charge in [-0.3, -0.25) is 9.59 Å². The molecular formula is C20H29N3O2. The number of amides is 2. The van der Waals surface area contributed by atoms with Crippen molar-refractivity contribution in [1.82, 2.24) is 15.5 Å². The van der Waals surface area contributed by atoms with Crippen molar-refractivity contribution in [3.05, 3.63) is 35.4 Å². The molecule has 2 aliphatic rings. The summed E-state index contributed by atoms with van der Waals surface area (Å²) in [6.07, 6.45) is 3.28. The zero-order chi connectivity index (χ0) is 17.9. The molecule has 1 aromatic rings. The molecule has 2 fully saturated rings. The number of rotatable bonds is 6. The Labute approximate surface area is 150 Å². The summed E-state index contributed by atoms with van der Waals surface area (Å²) in [4.78, 5) is 26.5. The maximum atomic E-state index is 12.4. The van der Waals surface area contributed by atoms with Crippen LogP contribution in [0.5, 0.6) is 0 Å². The lowest BCUT2D eigenvalue weighted by Gasteiger charge is -2.23. The summed E-state index contributed by atoms with van der Waals surface area (Å²) in [6.45, 7) is 8.00. The highest BCUT2D eigenvalue weighted by Crippen LogP contribution is 2.58. The molecule has 25 heavy (non-hydrogen) atoms. The SMILES string of the molecule is CCN(CC)C(=O)c1ccc(CNC(=O)C2CC23CCNCC3)cc1. The van der Waals surface area contributed by atoms with Crippen molar-refractivity contribution in [2.24, 2.45) is 11.3 Å². The molecule has 0 bridgehead atoms. The number of benzene rings is 1. The lowest BCUT2D eigenvalue weighted by molar-refractivity contribution is -0.123. The predicted octanol–water partition coefficient (Wildman–Crippen LogP) is 2.17. The molecule has 1 atom stereocenters. The van der Waals surface area contributed by atoms with Crippen LogP contribution in [0.1, 0.15) is 49.0 Å². The van der Waals surface area contributed by atoms with E-state index in [1.807, 2.05) is 43.0 Å². The monoisotopic (exact) mass is 343 g/mol. The van der Waals surface area contributed by atoms with Crippen LogP contribution >= 0.6 is 0 Å². The van der Waals surface area contributed by atoms with Crippen LogP contribution in [0.15, 0.2) is 24.3 Å². The Hall–Kier alpha value is -1.88. The van der Waals surface area contributed by atoms with Gasteiger partial charge in [0.25, 0.3) is 5.91 Å². The molecule has 5 heteroatoms. The van der Waals surface area contributed by atoms with Gasteiger partial charge in [0.2, 0.25) is 5.91 Å². The highest BCUT2D eigenvalue weighted by Gasteiger charge is 2.57. The summed E-state index contributed by atoms with van der Waals surface area (Å²) in [5.41, 5.74) is 2.01. The Morgan fingerprint density at radius 1 is 1.16 bits per heavy atom.